The zero-order valence-corrected chi connectivity index (χ0v) is 12.0. The van der Waals surface area contributed by atoms with Crippen molar-refractivity contribution in [2.45, 2.75) is 20.3 Å². The fraction of sp³-hybridized carbons (Fsp3) is 0.438. The molecule has 1 rings (SSSR count). The van der Waals surface area contributed by atoms with E-state index in [9.17, 15) is 4.79 Å². The zero-order valence-electron chi connectivity index (χ0n) is 12.0. The van der Waals surface area contributed by atoms with Gasteiger partial charge in [-0.1, -0.05) is 11.8 Å². The molecule has 0 aliphatic carbocycles. The third kappa shape index (κ3) is 4.69. The Kier molecular flexibility index (Phi) is 6.78. The molecule has 1 amide bonds. The monoisotopic (exact) mass is 275 g/mol. The molecule has 1 aromatic carbocycles. The van der Waals surface area contributed by atoms with Crippen molar-refractivity contribution in [1.82, 2.24) is 4.90 Å². The second-order valence-corrected chi connectivity index (χ2v) is 4.47. The quantitative estimate of drug-likeness (QED) is 0.793. The number of hydrogen-bond donors (Lipinski definition) is 2. The molecule has 0 fully saturated rings. The lowest BCUT2D eigenvalue weighted by atomic mass is 10.1. The van der Waals surface area contributed by atoms with Crippen LogP contribution in [-0.4, -0.2) is 47.3 Å². The maximum Gasteiger partial charge on any atom is 0.253 e. The van der Waals surface area contributed by atoms with Gasteiger partial charge in [0.05, 0.1) is 13.2 Å². The lowest BCUT2D eigenvalue weighted by Gasteiger charge is -2.20. The highest BCUT2D eigenvalue weighted by atomic mass is 16.3. The van der Waals surface area contributed by atoms with Gasteiger partial charge in [0.2, 0.25) is 0 Å². The number of carbonyl (C=O) groups excluding carboxylic acids is 1. The second-order valence-electron chi connectivity index (χ2n) is 4.47. The maximum absolute atomic E-state index is 12.3. The van der Waals surface area contributed by atoms with Crippen molar-refractivity contribution < 1.29 is 15.0 Å². The molecule has 20 heavy (non-hydrogen) atoms. The van der Waals surface area contributed by atoms with E-state index in [1.54, 1.807) is 11.0 Å². The van der Waals surface area contributed by atoms with E-state index in [4.69, 9.17) is 10.2 Å². The number of benzene rings is 1. The Bertz CT molecular complexity index is 514. The molecule has 0 radical (unpaired) electrons. The van der Waals surface area contributed by atoms with E-state index in [-0.39, 0.29) is 19.1 Å². The van der Waals surface area contributed by atoms with Crippen molar-refractivity contribution >= 4 is 5.91 Å². The van der Waals surface area contributed by atoms with Crippen molar-refractivity contribution in [2.24, 2.45) is 0 Å². The number of amides is 1. The average Bonchev–Trinajstić information content (AvgIpc) is 2.43. The number of aliphatic hydroxyl groups excluding tert-OH is 2. The van der Waals surface area contributed by atoms with Gasteiger partial charge in [0.1, 0.15) is 0 Å². The largest absolute Gasteiger partial charge is 0.395 e. The Morgan fingerprint density at radius 3 is 2.60 bits per heavy atom. The number of hydrogen-bond acceptors (Lipinski definition) is 3. The topological polar surface area (TPSA) is 60.8 Å². The summed E-state index contributed by atoms with van der Waals surface area (Å²) in [5, 5.41) is 17.7. The van der Waals surface area contributed by atoms with Gasteiger partial charge in [0.25, 0.3) is 5.91 Å². The van der Waals surface area contributed by atoms with Crippen molar-refractivity contribution in [1.29, 1.82) is 0 Å². The van der Waals surface area contributed by atoms with Gasteiger partial charge < -0.3 is 15.1 Å². The van der Waals surface area contributed by atoms with Gasteiger partial charge in [-0.05, 0) is 37.6 Å². The third-order valence-corrected chi connectivity index (χ3v) is 2.83. The molecule has 0 atom stereocenters. The summed E-state index contributed by atoms with van der Waals surface area (Å²) in [5.41, 5.74) is 2.31. The number of nitrogens with zero attached hydrogens (tertiary/aromatic N) is 1. The molecule has 0 saturated carbocycles. The molecule has 4 nitrogen and oxygen atoms in total. The van der Waals surface area contributed by atoms with Gasteiger partial charge in [-0.25, -0.2) is 0 Å². The summed E-state index contributed by atoms with van der Waals surface area (Å²) in [7, 11) is 0. The zero-order chi connectivity index (χ0) is 15.0. The molecular formula is C16H21NO3. The molecule has 4 heteroatoms. The van der Waals surface area contributed by atoms with Gasteiger partial charge in [-0.3, -0.25) is 4.79 Å². The Labute approximate surface area is 120 Å². The molecule has 0 aliphatic rings. The molecule has 0 bridgehead atoms. The summed E-state index contributed by atoms with van der Waals surface area (Å²) in [4.78, 5) is 13.9. The summed E-state index contributed by atoms with van der Waals surface area (Å²) in [6, 6.07) is 5.48. The van der Waals surface area contributed by atoms with Crippen LogP contribution in [0.5, 0.6) is 0 Å². The standard InChI is InChI=1S/C16H21NO3/c1-3-17(7-9-19)16(20)15-11-13(2)10-14(12-15)6-4-5-8-18/h10-12,18-19H,3,5,7-9H2,1-2H3. The molecule has 0 heterocycles. The lowest BCUT2D eigenvalue weighted by Crippen LogP contribution is -2.33. The molecule has 0 spiro atoms. The van der Waals surface area contributed by atoms with Gasteiger partial charge >= 0.3 is 0 Å². The first-order valence-corrected chi connectivity index (χ1v) is 6.74. The van der Waals surface area contributed by atoms with Crippen LogP contribution in [0.25, 0.3) is 0 Å². The number of aryl methyl sites for hydroxylation is 1. The van der Waals surface area contributed by atoms with Crippen LogP contribution in [-0.2, 0) is 0 Å². The number of likely N-dealkylation sites (N-methyl/N-ethyl adjacent to an activating group) is 1. The predicted octanol–water partition coefficient (Wildman–Crippen LogP) is 1.18. The average molecular weight is 275 g/mol. The smallest absolute Gasteiger partial charge is 0.253 e. The highest BCUT2D eigenvalue weighted by molar-refractivity contribution is 5.94. The van der Waals surface area contributed by atoms with E-state index in [1.165, 1.54) is 0 Å². The number of rotatable bonds is 5. The predicted molar refractivity (Wildman–Crippen MR) is 78.4 cm³/mol. The van der Waals surface area contributed by atoms with Crippen LogP contribution in [0, 0.1) is 18.8 Å². The Morgan fingerprint density at radius 2 is 2.00 bits per heavy atom. The SMILES string of the molecule is CCN(CCO)C(=O)c1cc(C)cc(C#CCCO)c1. The van der Waals surface area contributed by atoms with Crippen LogP contribution >= 0.6 is 0 Å². The first-order chi connectivity index (χ1) is 9.62. The van der Waals surface area contributed by atoms with Crippen LogP contribution in [0.4, 0.5) is 0 Å². The van der Waals surface area contributed by atoms with Crippen molar-refractivity contribution in [3.05, 3.63) is 34.9 Å². The molecule has 0 aromatic heterocycles. The van der Waals surface area contributed by atoms with Crippen molar-refractivity contribution in [2.75, 3.05) is 26.3 Å². The van der Waals surface area contributed by atoms with Crippen molar-refractivity contribution in [3.63, 3.8) is 0 Å². The molecular weight excluding hydrogens is 254 g/mol. The minimum absolute atomic E-state index is 0.0325. The van der Waals surface area contributed by atoms with Crippen LogP contribution in [0.1, 0.15) is 34.8 Å². The molecule has 2 N–H and O–H groups in total. The van der Waals surface area contributed by atoms with E-state index >= 15 is 0 Å². The molecule has 108 valence electrons. The molecule has 0 saturated heterocycles. The minimum atomic E-state index is -0.101. The maximum atomic E-state index is 12.3. The first-order valence-electron chi connectivity index (χ1n) is 6.74. The van der Waals surface area contributed by atoms with Crippen LogP contribution in [0.15, 0.2) is 18.2 Å². The Morgan fingerprint density at radius 1 is 1.25 bits per heavy atom. The van der Waals surface area contributed by atoms with Crippen molar-refractivity contribution in [3.8, 4) is 11.8 Å². The van der Waals surface area contributed by atoms with Gasteiger partial charge in [-0.2, -0.15) is 0 Å². The van der Waals surface area contributed by atoms with Gasteiger partial charge in [0.15, 0.2) is 0 Å². The highest BCUT2D eigenvalue weighted by Crippen LogP contribution is 2.12. The van der Waals surface area contributed by atoms with E-state index in [2.05, 4.69) is 11.8 Å². The normalized spacial score (nSPS) is 9.80. The Balaban J connectivity index is 3.01. The lowest BCUT2D eigenvalue weighted by molar-refractivity contribution is 0.0732. The highest BCUT2D eigenvalue weighted by Gasteiger charge is 2.14. The summed E-state index contributed by atoms with van der Waals surface area (Å²) in [6.45, 7) is 4.66. The van der Waals surface area contributed by atoms with Crippen LogP contribution in [0.3, 0.4) is 0 Å². The van der Waals surface area contributed by atoms with Gasteiger partial charge in [-0.15, -0.1) is 0 Å². The number of aliphatic hydroxyl groups is 2. The molecule has 0 unspecified atom stereocenters. The first kappa shape index (κ1) is 16.2. The Hall–Kier alpha value is -1.83. The van der Waals surface area contributed by atoms with E-state index in [1.807, 2.05) is 26.0 Å². The minimum Gasteiger partial charge on any atom is -0.395 e. The fourth-order valence-corrected chi connectivity index (χ4v) is 1.91. The summed E-state index contributed by atoms with van der Waals surface area (Å²) >= 11 is 0. The fourth-order valence-electron chi connectivity index (χ4n) is 1.91. The van der Waals surface area contributed by atoms with E-state index < -0.39 is 0 Å². The number of carbonyl (C=O) groups is 1. The van der Waals surface area contributed by atoms with E-state index in [0.717, 1.165) is 11.1 Å². The van der Waals surface area contributed by atoms with Crippen LogP contribution < -0.4 is 0 Å². The molecule has 0 aliphatic heterocycles. The summed E-state index contributed by atoms with van der Waals surface area (Å²) < 4.78 is 0. The summed E-state index contributed by atoms with van der Waals surface area (Å²) in [6.07, 6.45) is 0.419. The summed E-state index contributed by atoms with van der Waals surface area (Å²) in [5.74, 6) is 5.69. The third-order valence-electron chi connectivity index (χ3n) is 2.83. The van der Waals surface area contributed by atoms with E-state index in [0.29, 0.717) is 25.1 Å². The second kappa shape index (κ2) is 8.36. The van der Waals surface area contributed by atoms with Crippen LogP contribution in [0.2, 0.25) is 0 Å². The molecule has 1 aromatic rings. The van der Waals surface area contributed by atoms with Gasteiger partial charge in [0, 0.05) is 30.6 Å².